The number of hydrogen-bond acceptors (Lipinski definition) is 6. The monoisotopic (exact) mass is 556 g/mol. The Morgan fingerprint density at radius 2 is 1.73 bits per heavy atom. The molecule has 8 nitrogen and oxygen atoms in total. The average Bonchev–Trinajstić information content (AvgIpc) is 2.87. The van der Waals surface area contributed by atoms with E-state index in [0.29, 0.717) is 45.8 Å². The molecule has 2 amide bonds. The van der Waals surface area contributed by atoms with Gasteiger partial charge in [0.25, 0.3) is 0 Å². The van der Waals surface area contributed by atoms with Crippen molar-refractivity contribution in [1.29, 1.82) is 0 Å². The topological polar surface area (TPSA) is 83.1 Å². The number of hydrogen-bond donors (Lipinski definition) is 2. The molecule has 2 unspecified atom stereocenters. The number of rotatable bonds is 10. The molecule has 0 aliphatic carbocycles. The molecule has 2 N–H and O–H groups in total. The highest BCUT2D eigenvalue weighted by atomic mass is 19.1. The number of amides is 2. The third kappa shape index (κ3) is 9.20. The van der Waals surface area contributed by atoms with E-state index < -0.39 is 17.7 Å². The Hall–Kier alpha value is -3.17. The number of aryl methyl sites for hydroxylation is 2. The number of carbonyl (C=O) groups is 2. The number of alkyl carbamates (subject to hydrolysis) is 1. The number of nitrogens with one attached hydrogen (secondary N) is 2. The van der Waals surface area contributed by atoms with Crippen LogP contribution >= 0.6 is 0 Å². The van der Waals surface area contributed by atoms with Crippen LogP contribution < -0.4 is 15.5 Å². The Morgan fingerprint density at radius 3 is 2.35 bits per heavy atom. The molecule has 0 spiro atoms. The maximum Gasteiger partial charge on any atom is 0.408 e. The number of ether oxygens (including phenoxy) is 2. The van der Waals surface area contributed by atoms with Crippen molar-refractivity contribution in [2.75, 3.05) is 44.8 Å². The molecule has 9 heteroatoms. The van der Waals surface area contributed by atoms with E-state index >= 15 is 0 Å². The van der Waals surface area contributed by atoms with Gasteiger partial charge in [0.05, 0.1) is 6.61 Å². The van der Waals surface area contributed by atoms with E-state index in [-0.39, 0.29) is 17.8 Å². The summed E-state index contributed by atoms with van der Waals surface area (Å²) >= 11 is 0. The molecule has 40 heavy (non-hydrogen) atoms. The standard InChI is InChI=1S/C31H45FN4O4/c1-21-8-9-24(22(2)16-21)18-27(34-30(38)40-31(4,5)6)29(37)36-14-12-35(13-15-36)28-11-10-26(32)17-25(28)19-33-23(3)20-39-7/h8-11,16-17,23,27,33H,12-15,18-20H2,1-7H3,(H,34,38). The summed E-state index contributed by atoms with van der Waals surface area (Å²) in [6, 6.07) is 10.3. The van der Waals surface area contributed by atoms with E-state index in [1.807, 2.05) is 32.9 Å². The molecule has 3 rings (SSSR count). The fourth-order valence-electron chi connectivity index (χ4n) is 4.93. The summed E-state index contributed by atoms with van der Waals surface area (Å²) in [5.41, 5.74) is 4.36. The minimum absolute atomic E-state index is 0.127. The summed E-state index contributed by atoms with van der Waals surface area (Å²) in [5, 5.41) is 6.21. The van der Waals surface area contributed by atoms with Gasteiger partial charge in [-0.05, 0) is 76.4 Å². The number of anilines is 1. The van der Waals surface area contributed by atoms with E-state index in [2.05, 4.69) is 21.6 Å². The molecule has 1 saturated heterocycles. The second kappa shape index (κ2) is 13.9. The minimum Gasteiger partial charge on any atom is -0.444 e. The number of nitrogens with zero attached hydrogens (tertiary/aromatic N) is 2. The van der Waals surface area contributed by atoms with Crippen molar-refractivity contribution in [3.05, 3.63) is 64.5 Å². The van der Waals surface area contributed by atoms with Gasteiger partial charge in [-0.2, -0.15) is 0 Å². The van der Waals surface area contributed by atoms with Gasteiger partial charge in [-0.1, -0.05) is 23.8 Å². The van der Waals surface area contributed by atoms with E-state index in [9.17, 15) is 14.0 Å². The average molecular weight is 557 g/mol. The van der Waals surface area contributed by atoms with Crippen molar-refractivity contribution in [1.82, 2.24) is 15.5 Å². The molecule has 1 fully saturated rings. The maximum atomic E-state index is 14.1. The van der Waals surface area contributed by atoms with Gasteiger partial charge in [0.2, 0.25) is 5.91 Å². The largest absolute Gasteiger partial charge is 0.444 e. The molecule has 0 bridgehead atoms. The molecule has 1 heterocycles. The number of halogens is 1. The fraction of sp³-hybridized carbons (Fsp3) is 0.548. The highest BCUT2D eigenvalue weighted by Crippen LogP contribution is 2.24. The lowest BCUT2D eigenvalue weighted by atomic mass is 9.98. The minimum atomic E-state index is -0.754. The van der Waals surface area contributed by atoms with Gasteiger partial charge in [0.1, 0.15) is 17.5 Å². The summed E-state index contributed by atoms with van der Waals surface area (Å²) in [6.45, 7) is 14.7. The zero-order valence-electron chi connectivity index (χ0n) is 25.0. The number of methoxy groups -OCH3 is 1. The third-order valence-electron chi connectivity index (χ3n) is 6.94. The van der Waals surface area contributed by atoms with Gasteiger partial charge in [-0.25, -0.2) is 9.18 Å². The lowest BCUT2D eigenvalue weighted by Gasteiger charge is -2.38. The van der Waals surface area contributed by atoms with Crippen LogP contribution in [-0.2, 0) is 27.2 Å². The van der Waals surface area contributed by atoms with Crippen LogP contribution in [0.1, 0.15) is 49.9 Å². The van der Waals surface area contributed by atoms with Crippen LogP contribution in [0.25, 0.3) is 0 Å². The molecule has 1 aliphatic rings. The third-order valence-corrected chi connectivity index (χ3v) is 6.94. The van der Waals surface area contributed by atoms with E-state index in [1.165, 1.54) is 6.07 Å². The predicted octanol–water partition coefficient (Wildman–Crippen LogP) is 4.35. The first-order valence-corrected chi connectivity index (χ1v) is 14.0. The quantitative estimate of drug-likeness (QED) is 0.453. The summed E-state index contributed by atoms with van der Waals surface area (Å²) in [7, 11) is 1.65. The highest BCUT2D eigenvalue weighted by Gasteiger charge is 2.31. The molecular formula is C31H45FN4O4. The Bertz CT molecular complexity index is 1160. The molecular weight excluding hydrogens is 511 g/mol. The van der Waals surface area contributed by atoms with Gasteiger partial charge in [-0.3, -0.25) is 4.79 Å². The molecule has 2 aromatic carbocycles. The number of piperazine rings is 1. The van der Waals surface area contributed by atoms with Crippen LogP contribution in [0, 0.1) is 19.7 Å². The van der Waals surface area contributed by atoms with Gasteiger partial charge in [0.15, 0.2) is 0 Å². The molecule has 1 aliphatic heterocycles. The van der Waals surface area contributed by atoms with E-state index in [0.717, 1.165) is 27.9 Å². The highest BCUT2D eigenvalue weighted by molar-refractivity contribution is 5.86. The van der Waals surface area contributed by atoms with Crippen molar-refractivity contribution in [2.45, 2.75) is 72.2 Å². The Morgan fingerprint density at radius 1 is 1.02 bits per heavy atom. The summed E-state index contributed by atoms with van der Waals surface area (Å²) in [5.74, 6) is -0.420. The lowest BCUT2D eigenvalue weighted by molar-refractivity contribution is -0.133. The Labute approximate surface area is 238 Å². The molecule has 2 aromatic rings. The van der Waals surface area contributed by atoms with Crippen molar-refractivity contribution in [2.24, 2.45) is 0 Å². The zero-order chi connectivity index (χ0) is 29.4. The molecule has 2 atom stereocenters. The van der Waals surface area contributed by atoms with Crippen LogP contribution in [0.5, 0.6) is 0 Å². The van der Waals surface area contributed by atoms with Crippen molar-refractivity contribution < 1.29 is 23.5 Å². The van der Waals surface area contributed by atoms with Crippen LogP contribution in [-0.4, -0.2) is 74.5 Å². The van der Waals surface area contributed by atoms with Crippen molar-refractivity contribution in [3.8, 4) is 0 Å². The van der Waals surface area contributed by atoms with Crippen LogP contribution in [0.15, 0.2) is 36.4 Å². The van der Waals surface area contributed by atoms with Crippen LogP contribution in [0.4, 0.5) is 14.9 Å². The summed E-state index contributed by atoms with van der Waals surface area (Å²) in [6.07, 6.45) is -0.238. The lowest BCUT2D eigenvalue weighted by Crippen LogP contribution is -2.56. The predicted molar refractivity (Wildman–Crippen MR) is 156 cm³/mol. The van der Waals surface area contributed by atoms with Crippen molar-refractivity contribution >= 4 is 17.7 Å². The van der Waals surface area contributed by atoms with Crippen molar-refractivity contribution in [3.63, 3.8) is 0 Å². The maximum absolute atomic E-state index is 14.1. The fourth-order valence-corrected chi connectivity index (χ4v) is 4.93. The molecule has 0 saturated carbocycles. The second-order valence-electron chi connectivity index (χ2n) is 11.7. The smallest absolute Gasteiger partial charge is 0.408 e. The number of carbonyl (C=O) groups excluding carboxylic acids is 2. The number of benzene rings is 2. The Kier molecular flexibility index (Phi) is 10.9. The first-order chi connectivity index (χ1) is 18.9. The van der Waals surface area contributed by atoms with Gasteiger partial charge in [0, 0.05) is 58.0 Å². The zero-order valence-corrected chi connectivity index (χ0v) is 25.0. The van der Waals surface area contributed by atoms with Crippen LogP contribution in [0.2, 0.25) is 0 Å². The van der Waals surface area contributed by atoms with Crippen LogP contribution in [0.3, 0.4) is 0 Å². The van der Waals surface area contributed by atoms with Gasteiger partial charge >= 0.3 is 6.09 Å². The SMILES string of the molecule is COCC(C)NCc1cc(F)ccc1N1CCN(C(=O)C(Cc2ccc(C)cc2C)NC(=O)OC(C)(C)C)CC1. The Balaban J connectivity index is 1.72. The molecule has 0 radical (unpaired) electrons. The van der Waals surface area contributed by atoms with Gasteiger partial charge in [-0.15, -0.1) is 0 Å². The van der Waals surface area contributed by atoms with Gasteiger partial charge < -0.3 is 29.9 Å². The molecule has 0 aromatic heterocycles. The summed E-state index contributed by atoms with van der Waals surface area (Å²) < 4.78 is 24.8. The first-order valence-electron chi connectivity index (χ1n) is 14.0. The van der Waals surface area contributed by atoms with E-state index in [4.69, 9.17) is 9.47 Å². The van der Waals surface area contributed by atoms with E-state index in [1.54, 1.807) is 44.9 Å². The first kappa shape index (κ1) is 31.4. The normalized spacial score (nSPS) is 15.5. The summed E-state index contributed by atoms with van der Waals surface area (Å²) in [4.78, 5) is 30.4. The molecule has 220 valence electrons. The second-order valence-corrected chi connectivity index (χ2v) is 11.7.